The molecule has 158 valence electrons. The number of halogens is 1. The van der Waals surface area contributed by atoms with Crippen LogP contribution in [0.1, 0.15) is 11.1 Å². The Morgan fingerprint density at radius 2 is 1.07 bits per heavy atom. The van der Waals surface area contributed by atoms with Crippen molar-refractivity contribution in [1.29, 1.82) is 0 Å². The number of alkyl halides is 1. The zero-order valence-electron chi connectivity index (χ0n) is 17.2. The normalized spacial score (nSPS) is 11.1. The molecule has 0 aliphatic heterocycles. The van der Waals surface area contributed by atoms with Crippen molar-refractivity contribution in [2.75, 3.05) is 28.4 Å². The monoisotopic (exact) mass is 414 g/mol. The van der Waals surface area contributed by atoms with E-state index in [4.69, 9.17) is 18.9 Å². The number of methoxy groups -OCH3 is 4. The Kier molecular flexibility index (Phi) is 8.17. The van der Waals surface area contributed by atoms with Crippen LogP contribution < -0.4 is 18.9 Å². The SMILES string of the molecule is COc1ccc(/C=C/C(=O)C(F)C(=O)/C=C/c2ccc(OC)c(OC)c2)cc1OC. The third-order valence-corrected chi connectivity index (χ3v) is 4.19. The Hall–Kier alpha value is -3.61. The van der Waals surface area contributed by atoms with Crippen LogP contribution in [0, 0.1) is 0 Å². The lowest BCUT2D eigenvalue weighted by atomic mass is 10.1. The lowest BCUT2D eigenvalue weighted by molar-refractivity contribution is -0.128. The highest BCUT2D eigenvalue weighted by Crippen LogP contribution is 2.29. The maximum absolute atomic E-state index is 14.2. The highest BCUT2D eigenvalue weighted by atomic mass is 19.1. The van der Waals surface area contributed by atoms with E-state index in [1.165, 1.54) is 40.6 Å². The zero-order chi connectivity index (χ0) is 22.1. The summed E-state index contributed by atoms with van der Waals surface area (Å²) < 4.78 is 34.9. The second-order valence-corrected chi connectivity index (χ2v) is 6.06. The largest absolute Gasteiger partial charge is 0.493 e. The first-order valence-corrected chi connectivity index (χ1v) is 8.95. The molecule has 0 fully saturated rings. The number of ketones is 2. The minimum atomic E-state index is -2.29. The number of hydrogen-bond acceptors (Lipinski definition) is 6. The van der Waals surface area contributed by atoms with Gasteiger partial charge in [0.1, 0.15) is 0 Å². The standard InChI is InChI=1S/C23H23FO6/c1-27-19-11-7-15(13-21(19)29-3)5-9-17(25)23(24)18(26)10-6-16-8-12-20(28-2)22(14-16)30-4/h5-14,23H,1-4H3/b9-5+,10-6+. The van der Waals surface area contributed by atoms with Crippen LogP contribution in [0.3, 0.4) is 0 Å². The summed E-state index contributed by atoms with van der Waals surface area (Å²) in [7, 11) is 5.98. The molecule has 7 heteroatoms. The maximum Gasteiger partial charge on any atom is 0.224 e. The van der Waals surface area contributed by atoms with E-state index in [9.17, 15) is 14.0 Å². The first-order valence-electron chi connectivity index (χ1n) is 8.95. The molecule has 2 aromatic rings. The highest BCUT2D eigenvalue weighted by molar-refractivity contribution is 6.15. The Labute approximate surface area is 174 Å². The molecular formula is C23H23FO6. The molecule has 0 radical (unpaired) electrons. The van der Waals surface area contributed by atoms with Crippen LogP contribution in [0.4, 0.5) is 4.39 Å². The van der Waals surface area contributed by atoms with Crippen molar-refractivity contribution in [3.05, 3.63) is 59.7 Å². The van der Waals surface area contributed by atoms with Crippen molar-refractivity contribution in [2.24, 2.45) is 0 Å². The predicted molar refractivity (Wildman–Crippen MR) is 112 cm³/mol. The van der Waals surface area contributed by atoms with E-state index < -0.39 is 17.7 Å². The number of ether oxygens (including phenoxy) is 4. The van der Waals surface area contributed by atoms with Gasteiger partial charge < -0.3 is 18.9 Å². The molecule has 30 heavy (non-hydrogen) atoms. The zero-order valence-corrected chi connectivity index (χ0v) is 17.2. The Balaban J connectivity index is 2.06. The number of hydrogen-bond donors (Lipinski definition) is 0. The van der Waals surface area contributed by atoms with E-state index in [0.717, 1.165) is 12.2 Å². The van der Waals surface area contributed by atoms with Gasteiger partial charge in [-0.1, -0.05) is 24.3 Å². The Bertz CT molecular complexity index is 887. The topological polar surface area (TPSA) is 71.1 Å². The van der Waals surface area contributed by atoms with Crippen molar-refractivity contribution in [1.82, 2.24) is 0 Å². The molecule has 0 saturated carbocycles. The predicted octanol–water partition coefficient (Wildman–Crippen LogP) is 3.92. The van der Waals surface area contributed by atoms with E-state index in [2.05, 4.69) is 0 Å². The van der Waals surface area contributed by atoms with Crippen LogP contribution in [0.2, 0.25) is 0 Å². The van der Waals surface area contributed by atoms with Crippen molar-refractivity contribution >= 4 is 23.7 Å². The average molecular weight is 414 g/mol. The van der Waals surface area contributed by atoms with Crippen LogP contribution in [-0.2, 0) is 9.59 Å². The van der Waals surface area contributed by atoms with Crippen molar-refractivity contribution in [2.45, 2.75) is 6.17 Å². The van der Waals surface area contributed by atoms with Gasteiger partial charge in [-0.15, -0.1) is 0 Å². The molecule has 0 saturated heterocycles. The van der Waals surface area contributed by atoms with Crippen LogP contribution in [0.15, 0.2) is 48.6 Å². The molecule has 2 rings (SSSR count). The fourth-order valence-corrected chi connectivity index (χ4v) is 2.58. The number of rotatable bonds is 10. The van der Waals surface area contributed by atoms with Gasteiger partial charge >= 0.3 is 0 Å². The summed E-state index contributed by atoms with van der Waals surface area (Å²) in [5.41, 5.74) is 1.20. The van der Waals surface area contributed by atoms with Gasteiger partial charge in [-0.2, -0.15) is 0 Å². The summed E-state index contributed by atoms with van der Waals surface area (Å²) in [4.78, 5) is 24.0. The summed E-state index contributed by atoms with van der Waals surface area (Å²) in [5.74, 6) is 0.0915. The number of carbonyl (C=O) groups excluding carboxylic acids is 2. The molecule has 0 bridgehead atoms. The smallest absolute Gasteiger partial charge is 0.224 e. The number of allylic oxidation sites excluding steroid dienone is 2. The lowest BCUT2D eigenvalue weighted by Crippen LogP contribution is -2.22. The summed E-state index contributed by atoms with van der Waals surface area (Å²) in [6, 6.07) is 9.94. The highest BCUT2D eigenvalue weighted by Gasteiger charge is 2.21. The third kappa shape index (κ3) is 5.70. The van der Waals surface area contributed by atoms with Gasteiger partial charge in [0.25, 0.3) is 0 Å². The van der Waals surface area contributed by atoms with Gasteiger partial charge in [-0.25, -0.2) is 4.39 Å². The van der Waals surface area contributed by atoms with Gasteiger partial charge in [-0.05, 0) is 47.5 Å². The van der Waals surface area contributed by atoms with E-state index >= 15 is 0 Å². The quantitative estimate of drug-likeness (QED) is 0.433. The van der Waals surface area contributed by atoms with Gasteiger partial charge in [0.15, 0.2) is 34.6 Å². The average Bonchev–Trinajstić information content (AvgIpc) is 2.79. The minimum Gasteiger partial charge on any atom is -0.493 e. The second kappa shape index (κ2) is 10.8. The minimum absolute atomic E-state index is 0.470. The molecule has 0 unspecified atom stereocenters. The maximum atomic E-state index is 14.2. The molecule has 6 nitrogen and oxygen atoms in total. The van der Waals surface area contributed by atoms with E-state index in [-0.39, 0.29) is 0 Å². The van der Waals surface area contributed by atoms with Crippen molar-refractivity contribution in [3.8, 4) is 23.0 Å². The molecule has 0 aromatic heterocycles. The molecule has 0 aliphatic rings. The first-order chi connectivity index (χ1) is 14.4. The van der Waals surface area contributed by atoms with Crippen LogP contribution in [0.5, 0.6) is 23.0 Å². The summed E-state index contributed by atoms with van der Waals surface area (Å²) in [6.07, 6.45) is 2.56. The summed E-state index contributed by atoms with van der Waals surface area (Å²) >= 11 is 0. The molecule has 0 aliphatic carbocycles. The van der Waals surface area contributed by atoms with Gasteiger partial charge in [0.2, 0.25) is 6.17 Å². The number of carbonyl (C=O) groups is 2. The van der Waals surface area contributed by atoms with Gasteiger partial charge in [-0.3, -0.25) is 9.59 Å². The molecule has 2 aromatic carbocycles. The molecule has 0 heterocycles. The third-order valence-electron chi connectivity index (χ3n) is 4.19. The fraction of sp³-hybridized carbons (Fsp3) is 0.217. The Morgan fingerprint density at radius 1 is 0.700 bits per heavy atom. The summed E-state index contributed by atoms with van der Waals surface area (Å²) in [6.45, 7) is 0. The van der Waals surface area contributed by atoms with E-state index in [1.54, 1.807) is 36.4 Å². The molecule has 0 atom stereocenters. The van der Waals surface area contributed by atoms with Crippen molar-refractivity contribution in [3.63, 3.8) is 0 Å². The second-order valence-electron chi connectivity index (χ2n) is 6.06. The van der Waals surface area contributed by atoms with Crippen molar-refractivity contribution < 1.29 is 32.9 Å². The van der Waals surface area contributed by atoms with Gasteiger partial charge in [0.05, 0.1) is 28.4 Å². The molecule has 0 amide bonds. The first kappa shape index (κ1) is 22.7. The van der Waals surface area contributed by atoms with Gasteiger partial charge in [0, 0.05) is 0 Å². The number of benzene rings is 2. The molecular weight excluding hydrogens is 391 g/mol. The fourth-order valence-electron chi connectivity index (χ4n) is 2.58. The molecule has 0 spiro atoms. The van der Waals surface area contributed by atoms with Crippen LogP contribution in [-0.4, -0.2) is 46.2 Å². The van der Waals surface area contributed by atoms with E-state index in [0.29, 0.717) is 34.1 Å². The van der Waals surface area contributed by atoms with E-state index in [1.807, 2.05) is 0 Å². The summed E-state index contributed by atoms with van der Waals surface area (Å²) in [5, 5.41) is 0. The van der Waals surface area contributed by atoms with Crippen LogP contribution in [0.25, 0.3) is 12.2 Å². The lowest BCUT2D eigenvalue weighted by Gasteiger charge is -2.08. The van der Waals surface area contributed by atoms with Crippen LogP contribution >= 0.6 is 0 Å². The Morgan fingerprint density at radius 3 is 1.40 bits per heavy atom. The molecule has 0 N–H and O–H groups in total.